The van der Waals surface area contributed by atoms with Crippen LogP contribution in [-0.2, 0) is 22.3 Å². The molecule has 0 bridgehead atoms. The molecule has 1 heterocycles. The van der Waals surface area contributed by atoms with Gasteiger partial charge in [0, 0.05) is 32.2 Å². The first kappa shape index (κ1) is 15.2. The lowest BCUT2D eigenvalue weighted by molar-refractivity contribution is 0.0702. The van der Waals surface area contributed by atoms with Crippen molar-refractivity contribution in [1.29, 1.82) is 0 Å². The summed E-state index contributed by atoms with van der Waals surface area (Å²) < 4.78 is 12.1. The molecule has 1 aromatic carbocycles. The van der Waals surface area contributed by atoms with Crippen LogP contribution in [0.5, 0.6) is 0 Å². The fourth-order valence-electron chi connectivity index (χ4n) is 1.76. The minimum Gasteiger partial charge on any atom is -0.477 e. The van der Waals surface area contributed by atoms with Gasteiger partial charge >= 0.3 is 5.97 Å². The summed E-state index contributed by atoms with van der Waals surface area (Å²) in [6.07, 6.45) is 0. The van der Waals surface area contributed by atoms with Gasteiger partial charge < -0.3 is 5.11 Å². The molecule has 3 nitrogen and oxygen atoms in total. The van der Waals surface area contributed by atoms with Crippen molar-refractivity contribution in [3.8, 4) is 0 Å². The molecule has 1 atom stereocenters. The molecule has 20 heavy (non-hydrogen) atoms. The van der Waals surface area contributed by atoms with Gasteiger partial charge in [-0.1, -0.05) is 23.7 Å². The van der Waals surface area contributed by atoms with E-state index in [1.54, 1.807) is 18.2 Å². The van der Waals surface area contributed by atoms with Crippen molar-refractivity contribution in [3.05, 3.63) is 56.2 Å². The van der Waals surface area contributed by atoms with Crippen molar-refractivity contribution in [2.45, 2.75) is 18.4 Å². The van der Waals surface area contributed by atoms with E-state index < -0.39 is 16.8 Å². The van der Waals surface area contributed by atoms with Crippen LogP contribution < -0.4 is 0 Å². The lowest BCUT2D eigenvalue weighted by Crippen LogP contribution is -1.99. The number of carbonyl (C=O) groups is 1. The number of hydrogen-bond acceptors (Lipinski definition) is 3. The van der Waals surface area contributed by atoms with E-state index in [2.05, 4.69) is 0 Å². The van der Waals surface area contributed by atoms with Crippen LogP contribution in [0.2, 0.25) is 5.02 Å². The first-order chi connectivity index (χ1) is 9.45. The van der Waals surface area contributed by atoms with Crippen molar-refractivity contribution in [1.82, 2.24) is 0 Å². The van der Waals surface area contributed by atoms with Crippen LogP contribution in [0.3, 0.4) is 0 Å². The van der Waals surface area contributed by atoms with Crippen molar-refractivity contribution in [2.24, 2.45) is 0 Å². The Balaban J connectivity index is 2.04. The third-order valence-electron chi connectivity index (χ3n) is 2.79. The van der Waals surface area contributed by atoms with Gasteiger partial charge in [-0.05, 0) is 36.2 Å². The monoisotopic (exact) mass is 328 g/mol. The molecular weight excluding hydrogens is 316 g/mol. The van der Waals surface area contributed by atoms with E-state index in [1.165, 1.54) is 11.3 Å². The smallest absolute Gasteiger partial charge is 0.345 e. The summed E-state index contributed by atoms with van der Waals surface area (Å²) in [5, 5.41) is 9.59. The molecule has 0 radical (unpaired) electrons. The molecule has 2 rings (SSSR count). The van der Waals surface area contributed by atoms with Gasteiger partial charge in [0.15, 0.2) is 0 Å². The van der Waals surface area contributed by atoms with Crippen molar-refractivity contribution in [3.63, 3.8) is 0 Å². The number of hydrogen-bond donors (Lipinski definition) is 1. The van der Waals surface area contributed by atoms with Crippen molar-refractivity contribution in [2.75, 3.05) is 0 Å². The van der Waals surface area contributed by atoms with Crippen molar-refractivity contribution < 1.29 is 14.1 Å². The van der Waals surface area contributed by atoms with Crippen LogP contribution in [0.4, 0.5) is 0 Å². The highest BCUT2D eigenvalue weighted by Gasteiger charge is 2.13. The number of aromatic carboxylic acids is 1. The molecule has 0 saturated heterocycles. The molecule has 0 spiro atoms. The van der Waals surface area contributed by atoms with Gasteiger partial charge in [0.25, 0.3) is 0 Å². The maximum absolute atomic E-state index is 12.1. The Morgan fingerprint density at radius 3 is 2.50 bits per heavy atom. The van der Waals surface area contributed by atoms with E-state index in [0.717, 1.165) is 16.0 Å². The average Bonchev–Trinajstić information content (AvgIpc) is 2.74. The Morgan fingerprint density at radius 2 is 1.95 bits per heavy atom. The number of aryl methyl sites for hydroxylation is 1. The van der Waals surface area contributed by atoms with Crippen LogP contribution in [-0.4, -0.2) is 15.3 Å². The molecule has 2 aromatic rings. The Morgan fingerprint density at radius 1 is 1.30 bits per heavy atom. The Hall–Kier alpha value is -1.17. The normalized spacial score (nSPS) is 12.3. The predicted molar refractivity (Wildman–Crippen MR) is 83.0 cm³/mol. The van der Waals surface area contributed by atoms with Gasteiger partial charge in [-0.2, -0.15) is 0 Å². The summed E-state index contributed by atoms with van der Waals surface area (Å²) in [5.41, 5.74) is 1.80. The van der Waals surface area contributed by atoms with E-state index in [-0.39, 0.29) is 0 Å². The minimum atomic E-state index is -1.07. The fourth-order valence-corrected chi connectivity index (χ4v) is 4.17. The van der Waals surface area contributed by atoms with Crippen LogP contribution in [0.25, 0.3) is 0 Å². The van der Waals surface area contributed by atoms with Crippen LogP contribution in [0.15, 0.2) is 30.3 Å². The maximum atomic E-state index is 12.1. The van der Waals surface area contributed by atoms with Crippen molar-refractivity contribution >= 4 is 39.7 Å². The summed E-state index contributed by atoms with van der Waals surface area (Å²) in [4.78, 5) is 12.1. The average molecular weight is 329 g/mol. The number of carboxylic acid groups (broad SMARTS) is 1. The Labute approximate surface area is 128 Å². The third-order valence-corrected chi connectivity index (χ3v) is 5.41. The van der Waals surface area contributed by atoms with Gasteiger partial charge in [-0.3, -0.25) is 4.21 Å². The van der Waals surface area contributed by atoms with E-state index >= 15 is 0 Å². The second-order valence-corrected chi connectivity index (χ2v) is 7.50. The van der Waals surface area contributed by atoms with Crippen LogP contribution in [0, 0.1) is 6.92 Å². The first-order valence-corrected chi connectivity index (χ1v) is 8.56. The van der Waals surface area contributed by atoms with Gasteiger partial charge in [-0.25, -0.2) is 4.79 Å². The molecule has 1 aromatic heterocycles. The maximum Gasteiger partial charge on any atom is 0.345 e. The summed E-state index contributed by atoms with van der Waals surface area (Å²) in [5.74, 6) is -0.125. The summed E-state index contributed by atoms with van der Waals surface area (Å²) in [6, 6.07) is 8.85. The number of carboxylic acids is 1. The van der Waals surface area contributed by atoms with Gasteiger partial charge in [-0.15, -0.1) is 11.3 Å². The minimum absolute atomic E-state index is 0.293. The number of benzene rings is 1. The molecule has 6 heteroatoms. The largest absolute Gasteiger partial charge is 0.477 e. The van der Waals surface area contributed by atoms with Gasteiger partial charge in [0.2, 0.25) is 0 Å². The fraction of sp³-hybridized carbons (Fsp3) is 0.214. The first-order valence-electron chi connectivity index (χ1n) is 5.87. The molecule has 1 unspecified atom stereocenters. The lowest BCUT2D eigenvalue weighted by Gasteiger charge is -2.02. The molecular formula is C14H13ClO3S2. The molecule has 0 amide bonds. The van der Waals surface area contributed by atoms with E-state index in [0.29, 0.717) is 21.4 Å². The zero-order valence-electron chi connectivity index (χ0n) is 10.8. The summed E-state index contributed by atoms with van der Waals surface area (Å²) in [6.45, 7) is 1.85. The SMILES string of the molecule is Cc1sc(C(=O)O)cc1CS(=O)Cc1ccc(Cl)cc1. The summed E-state index contributed by atoms with van der Waals surface area (Å²) in [7, 11) is -1.07. The summed E-state index contributed by atoms with van der Waals surface area (Å²) >= 11 is 7.02. The standard InChI is InChI=1S/C14H13ClO3S2/c1-9-11(6-13(19-9)14(16)17)8-20(18)7-10-2-4-12(15)5-3-10/h2-6H,7-8H2,1H3,(H,16,17). The van der Waals surface area contributed by atoms with E-state index in [4.69, 9.17) is 16.7 Å². The zero-order chi connectivity index (χ0) is 14.7. The predicted octanol–water partition coefficient (Wildman–Crippen LogP) is 3.86. The Kier molecular flexibility index (Phi) is 4.96. The third kappa shape index (κ3) is 3.91. The zero-order valence-corrected chi connectivity index (χ0v) is 13.1. The molecule has 1 N–H and O–H groups in total. The van der Waals surface area contributed by atoms with Crippen LogP contribution >= 0.6 is 22.9 Å². The van der Waals surface area contributed by atoms with Crippen LogP contribution in [0.1, 0.15) is 25.7 Å². The van der Waals surface area contributed by atoms with Gasteiger partial charge in [0.1, 0.15) is 4.88 Å². The molecule has 0 aliphatic heterocycles. The molecule has 0 saturated carbocycles. The Bertz CT molecular complexity index is 647. The lowest BCUT2D eigenvalue weighted by atomic mass is 10.2. The highest BCUT2D eigenvalue weighted by Crippen LogP contribution is 2.23. The molecule has 106 valence electrons. The van der Waals surface area contributed by atoms with E-state index in [9.17, 15) is 9.00 Å². The topological polar surface area (TPSA) is 54.4 Å². The molecule has 0 fully saturated rings. The second-order valence-electron chi connectivity index (χ2n) is 4.35. The van der Waals surface area contributed by atoms with E-state index in [1.807, 2.05) is 19.1 Å². The highest BCUT2D eigenvalue weighted by atomic mass is 35.5. The quantitative estimate of drug-likeness (QED) is 0.906. The number of thiophene rings is 1. The molecule has 0 aliphatic carbocycles. The number of halogens is 1. The number of rotatable bonds is 5. The van der Waals surface area contributed by atoms with Gasteiger partial charge in [0.05, 0.1) is 0 Å². The highest BCUT2D eigenvalue weighted by molar-refractivity contribution is 7.83. The second kappa shape index (κ2) is 6.52. The molecule has 0 aliphatic rings.